The minimum atomic E-state index is -0.167. The molecule has 130 valence electrons. The number of anilines is 1. The second-order valence-corrected chi connectivity index (χ2v) is 6.57. The lowest BCUT2D eigenvalue weighted by molar-refractivity contribution is -0.202. The Hall–Kier alpha value is -2.08. The Balaban J connectivity index is 1.58. The Labute approximate surface area is 142 Å². The lowest BCUT2D eigenvalue weighted by Crippen LogP contribution is -2.48. The minimum Gasteiger partial charge on any atom is -0.324 e. The van der Waals surface area contributed by atoms with Crippen LogP contribution in [0.3, 0.4) is 0 Å². The summed E-state index contributed by atoms with van der Waals surface area (Å²) in [6, 6.07) is 7.58. The van der Waals surface area contributed by atoms with Crippen LogP contribution in [0.2, 0.25) is 0 Å². The van der Waals surface area contributed by atoms with E-state index in [2.05, 4.69) is 5.32 Å². The summed E-state index contributed by atoms with van der Waals surface area (Å²) in [4.78, 5) is 32.2. The Bertz CT molecular complexity index is 599. The van der Waals surface area contributed by atoms with E-state index in [1.165, 1.54) is 5.06 Å². The predicted molar refractivity (Wildman–Crippen MR) is 91.4 cm³/mol. The number of hydroxylamine groups is 2. The second-order valence-electron chi connectivity index (χ2n) is 6.57. The molecule has 0 unspecified atom stereocenters. The molecular formula is C18H25N3O3. The molecule has 0 aromatic heterocycles. The zero-order valence-corrected chi connectivity index (χ0v) is 14.2. The largest absolute Gasteiger partial charge is 0.324 e. The smallest absolute Gasteiger partial charge is 0.321 e. The van der Waals surface area contributed by atoms with Gasteiger partial charge in [-0.25, -0.2) is 9.86 Å². The quantitative estimate of drug-likeness (QED) is 0.906. The van der Waals surface area contributed by atoms with Gasteiger partial charge < -0.3 is 10.2 Å². The maximum atomic E-state index is 12.6. The van der Waals surface area contributed by atoms with Crippen molar-refractivity contribution >= 4 is 17.6 Å². The van der Waals surface area contributed by atoms with E-state index in [1.807, 2.05) is 31.2 Å². The molecule has 2 fully saturated rings. The number of hydrogen-bond donors (Lipinski definition) is 1. The topological polar surface area (TPSA) is 61.9 Å². The lowest BCUT2D eigenvalue weighted by Gasteiger charge is -2.35. The number of urea groups is 1. The number of benzene rings is 1. The van der Waals surface area contributed by atoms with Crippen molar-refractivity contribution in [3.63, 3.8) is 0 Å². The van der Waals surface area contributed by atoms with Crippen molar-refractivity contribution in [2.75, 3.05) is 31.6 Å². The van der Waals surface area contributed by atoms with E-state index in [-0.39, 0.29) is 17.9 Å². The number of amides is 3. The highest BCUT2D eigenvalue weighted by molar-refractivity contribution is 5.90. The van der Waals surface area contributed by atoms with Crippen LogP contribution in [0.25, 0.3) is 0 Å². The Kier molecular flexibility index (Phi) is 5.35. The average molecular weight is 331 g/mol. The fourth-order valence-corrected chi connectivity index (χ4v) is 3.26. The fraction of sp³-hybridized carbons (Fsp3) is 0.556. The van der Waals surface area contributed by atoms with Gasteiger partial charge in [-0.05, 0) is 50.3 Å². The van der Waals surface area contributed by atoms with Gasteiger partial charge in [-0.3, -0.25) is 9.63 Å². The van der Waals surface area contributed by atoms with E-state index in [4.69, 9.17) is 4.84 Å². The first-order valence-electron chi connectivity index (χ1n) is 8.70. The number of rotatable bonds is 2. The highest BCUT2D eigenvalue weighted by Crippen LogP contribution is 2.21. The van der Waals surface area contributed by atoms with Gasteiger partial charge in [0.25, 0.3) is 5.91 Å². The molecule has 0 aliphatic carbocycles. The van der Waals surface area contributed by atoms with Crippen LogP contribution in [0.5, 0.6) is 0 Å². The molecule has 1 aromatic rings. The second kappa shape index (κ2) is 7.66. The molecule has 6 heteroatoms. The van der Waals surface area contributed by atoms with Gasteiger partial charge in [0.1, 0.15) is 0 Å². The number of aryl methyl sites for hydroxylation is 1. The van der Waals surface area contributed by atoms with Crippen LogP contribution in [0, 0.1) is 12.8 Å². The molecule has 1 atom stereocenters. The predicted octanol–water partition coefficient (Wildman–Crippen LogP) is 2.79. The Morgan fingerprint density at radius 3 is 2.83 bits per heavy atom. The number of carbonyl (C=O) groups excluding carboxylic acids is 2. The third-order valence-electron chi connectivity index (χ3n) is 4.58. The van der Waals surface area contributed by atoms with Crippen molar-refractivity contribution in [1.82, 2.24) is 9.96 Å². The van der Waals surface area contributed by atoms with Crippen molar-refractivity contribution in [3.8, 4) is 0 Å². The van der Waals surface area contributed by atoms with Gasteiger partial charge in [-0.2, -0.15) is 0 Å². The number of nitrogens with zero attached hydrogens (tertiary/aromatic N) is 2. The molecule has 0 radical (unpaired) electrons. The molecule has 2 saturated heterocycles. The molecule has 0 saturated carbocycles. The normalized spacial score (nSPS) is 21.5. The Morgan fingerprint density at radius 1 is 1.21 bits per heavy atom. The zero-order valence-electron chi connectivity index (χ0n) is 14.2. The molecule has 0 spiro atoms. The number of likely N-dealkylation sites (tertiary alicyclic amines) is 1. The minimum absolute atomic E-state index is 0.0164. The van der Waals surface area contributed by atoms with Crippen LogP contribution in [-0.4, -0.2) is 48.1 Å². The van der Waals surface area contributed by atoms with Crippen molar-refractivity contribution in [2.45, 2.75) is 32.6 Å². The number of hydrogen-bond acceptors (Lipinski definition) is 3. The van der Waals surface area contributed by atoms with Crippen molar-refractivity contribution in [3.05, 3.63) is 29.8 Å². The molecule has 2 heterocycles. The van der Waals surface area contributed by atoms with Gasteiger partial charge >= 0.3 is 6.03 Å². The molecule has 1 aromatic carbocycles. The first-order valence-corrected chi connectivity index (χ1v) is 8.70. The summed E-state index contributed by atoms with van der Waals surface area (Å²) in [6.45, 7) is 4.39. The summed E-state index contributed by atoms with van der Waals surface area (Å²) < 4.78 is 0. The van der Waals surface area contributed by atoms with Crippen LogP contribution in [-0.2, 0) is 9.63 Å². The first-order chi connectivity index (χ1) is 11.6. The molecule has 24 heavy (non-hydrogen) atoms. The first kappa shape index (κ1) is 16.8. The lowest BCUT2D eigenvalue weighted by atomic mass is 9.97. The van der Waals surface area contributed by atoms with Gasteiger partial charge in [-0.1, -0.05) is 12.1 Å². The summed E-state index contributed by atoms with van der Waals surface area (Å²) in [5, 5.41) is 4.42. The molecule has 3 amide bonds. The molecule has 0 bridgehead atoms. The molecular weight excluding hydrogens is 306 g/mol. The maximum absolute atomic E-state index is 12.6. The molecule has 6 nitrogen and oxygen atoms in total. The molecule has 3 rings (SSSR count). The summed E-state index contributed by atoms with van der Waals surface area (Å²) >= 11 is 0. The van der Waals surface area contributed by atoms with E-state index in [9.17, 15) is 9.59 Å². The SMILES string of the molecule is Cc1cccc(NC(=O)N2CCC[C@H](C(=O)N3CCCCO3)C2)c1. The van der Waals surface area contributed by atoms with E-state index in [1.54, 1.807) is 4.90 Å². The maximum Gasteiger partial charge on any atom is 0.321 e. The summed E-state index contributed by atoms with van der Waals surface area (Å²) in [6.07, 6.45) is 3.63. The van der Waals surface area contributed by atoms with Crippen LogP contribution < -0.4 is 5.32 Å². The van der Waals surface area contributed by atoms with Gasteiger partial charge in [0.05, 0.1) is 12.5 Å². The highest BCUT2D eigenvalue weighted by atomic mass is 16.7. The third kappa shape index (κ3) is 4.06. The Morgan fingerprint density at radius 2 is 2.08 bits per heavy atom. The van der Waals surface area contributed by atoms with Gasteiger partial charge in [0, 0.05) is 25.3 Å². The van der Waals surface area contributed by atoms with Crippen molar-refractivity contribution in [2.24, 2.45) is 5.92 Å². The summed E-state index contributed by atoms with van der Waals surface area (Å²) in [5.41, 5.74) is 1.88. The van der Waals surface area contributed by atoms with Crippen LogP contribution in [0.1, 0.15) is 31.2 Å². The molecule has 2 aliphatic rings. The standard InChI is InChI=1S/C18H25N3O3/c1-14-6-4-8-16(12-14)19-18(23)20-9-5-7-15(13-20)17(22)21-10-2-3-11-24-21/h4,6,8,12,15H,2-3,5,7,9-11,13H2,1H3,(H,19,23)/t15-/m0/s1. The molecule has 2 aliphatic heterocycles. The van der Waals surface area contributed by atoms with E-state index < -0.39 is 0 Å². The van der Waals surface area contributed by atoms with E-state index >= 15 is 0 Å². The van der Waals surface area contributed by atoms with E-state index in [0.29, 0.717) is 26.2 Å². The fourth-order valence-electron chi connectivity index (χ4n) is 3.26. The monoisotopic (exact) mass is 331 g/mol. The number of carbonyl (C=O) groups is 2. The van der Waals surface area contributed by atoms with Crippen LogP contribution in [0.4, 0.5) is 10.5 Å². The van der Waals surface area contributed by atoms with Gasteiger partial charge in [-0.15, -0.1) is 0 Å². The number of nitrogens with one attached hydrogen (secondary N) is 1. The number of piperidine rings is 1. The summed E-state index contributed by atoms with van der Waals surface area (Å²) in [5.74, 6) is -0.150. The third-order valence-corrected chi connectivity index (χ3v) is 4.58. The van der Waals surface area contributed by atoms with Crippen LogP contribution in [0.15, 0.2) is 24.3 Å². The zero-order chi connectivity index (χ0) is 16.9. The average Bonchev–Trinajstić information content (AvgIpc) is 2.62. The van der Waals surface area contributed by atoms with Gasteiger partial charge in [0.15, 0.2) is 0 Å². The van der Waals surface area contributed by atoms with E-state index in [0.717, 1.165) is 36.9 Å². The van der Waals surface area contributed by atoms with Crippen LogP contribution >= 0.6 is 0 Å². The van der Waals surface area contributed by atoms with Gasteiger partial charge in [0.2, 0.25) is 0 Å². The van der Waals surface area contributed by atoms with Crippen molar-refractivity contribution < 1.29 is 14.4 Å². The van der Waals surface area contributed by atoms with Crippen molar-refractivity contribution in [1.29, 1.82) is 0 Å². The summed E-state index contributed by atoms with van der Waals surface area (Å²) in [7, 11) is 0. The highest BCUT2D eigenvalue weighted by Gasteiger charge is 2.32. The molecule has 1 N–H and O–H groups in total.